The molecule has 0 aromatic heterocycles. The molecule has 0 spiro atoms. The second-order valence-electron chi connectivity index (χ2n) is 7.65. The zero-order valence-electron chi connectivity index (χ0n) is 13.6. The van der Waals surface area contributed by atoms with Gasteiger partial charge in [-0.2, -0.15) is 0 Å². The van der Waals surface area contributed by atoms with Gasteiger partial charge >= 0.3 is 12.1 Å². The summed E-state index contributed by atoms with van der Waals surface area (Å²) in [5, 5.41) is 9.51. The molecule has 0 bridgehead atoms. The molecule has 0 aromatic carbocycles. The first kappa shape index (κ1) is 16.8. The van der Waals surface area contributed by atoms with Gasteiger partial charge in [-0.05, 0) is 46.5 Å². The van der Waals surface area contributed by atoms with Crippen LogP contribution in [0, 0.1) is 10.8 Å². The first-order valence-electron chi connectivity index (χ1n) is 7.05. The molecule has 116 valence electrons. The lowest BCUT2D eigenvalue weighted by atomic mass is 9.95. The van der Waals surface area contributed by atoms with Crippen LogP contribution in [0.4, 0.5) is 4.79 Å². The highest BCUT2D eigenvalue weighted by Crippen LogP contribution is 2.64. The van der Waals surface area contributed by atoms with Gasteiger partial charge in [-0.15, -0.1) is 0 Å². The summed E-state index contributed by atoms with van der Waals surface area (Å²) >= 11 is 0. The minimum atomic E-state index is -0.853. The number of carbonyl (C=O) groups is 2. The summed E-state index contributed by atoms with van der Waals surface area (Å²) in [5.41, 5.74) is -1.72. The van der Waals surface area contributed by atoms with Crippen molar-refractivity contribution in [2.24, 2.45) is 10.8 Å². The van der Waals surface area contributed by atoms with Crippen LogP contribution in [0.15, 0.2) is 0 Å². The Morgan fingerprint density at radius 3 is 2.00 bits per heavy atom. The zero-order chi connectivity index (χ0) is 15.9. The predicted molar refractivity (Wildman–Crippen MR) is 76.5 cm³/mol. The first-order valence-corrected chi connectivity index (χ1v) is 7.05. The third-order valence-corrected chi connectivity index (χ3v) is 4.02. The molecule has 1 aliphatic carbocycles. The third-order valence-electron chi connectivity index (χ3n) is 4.02. The number of aliphatic carboxylic acids is 1. The maximum Gasteiger partial charge on any atom is 0.410 e. The van der Waals surface area contributed by atoms with Crippen LogP contribution in [0.5, 0.6) is 0 Å². The minimum absolute atomic E-state index is 0.0996. The van der Waals surface area contributed by atoms with E-state index in [2.05, 4.69) is 0 Å². The summed E-state index contributed by atoms with van der Waals surface area (Å²) in [6, 6.07) is -0.0996. The quantitative estimate of drug-likeness (QED) is 0.861. The molecule has 1 amide bonds. The summed E-state index contributed by atoms with van der Waals surface area (Å²) in [6.07, 6.45) is 0.136. The number of ether oxygens (including phenoxy) is 1. The highest BCUT2D eigenvalue weighted by Gasteiger charge is 2.67. The SMILES string of the molecule is CC(C)N(CC1(C(=O)O)CC1(C)C)C(=O)OC(C)(C)C. The average molecular weight is 285 g/mol. The topological polar surface area (TPSA) is 66.8 Å². The highest BCUT2D eigenvalue weighted by atomic mass is 16.6. The number of hydrogen-bond acceptors (Lipinski definition) is 3. The predicted octanol–water partition coefficient (Wildman–Crippen LogP) is 3.13. The summed E-state index contributed by atoms with van der Waals surface area (Å²) in [6.45, 7) is 13.2. The van der Waals surface area contributed by atoms with Crippen LogP contribution < -0.4 is 0 Å². The molecule has 1 saturated carbocycles. The van der Waals surface area contributed by atoms with Crippen LogP contribution in [0.2, 0.25) is 0 Å². The van der Waals surface area contributed by atoms with E-state index < -0.39 is 23.1 Å². The van der Waals surface area contributed by atoms with Gasteiger partial charge in [0.1, 0.15) is 5.60 Å². The standard InChI is InChI=1S/C15H27NO4/c1-10(2)16(12(19)20-13(3,4)5)9-15(11(17)18)8-14(15,6)7/h10H,8-9H2,1-7H3,(H,17,18). The number of amides is 1. The van der Waals surface area contributed by atoms with Crippen LogP contribution in [0.25, 0.3) is 0 Å². The van der Waals surface area contributed by atoms with Gasteiger partial charge in [0.25, 0.3) is 0 Å². The van der Waals surface area contributed by atoms with Crippen molar-refractivity contribution in [3.8, 4) is 0 Å². The van der Waals surface area contributed by atoms with Crippen molar-refractivity contribution in [2.45, 2.75) is 66.5 Å². The molecule has 1 aliphatic rings. The lowest BCUT2D eigenvalue weighted by Gasteiger charge is -2.32. The highest BCUT2D eigenvalue weighted by molar-refractivity contribution is 5.81. The van der Waals surface area contributed by atoms with Gasteiger partial charge in [-0.3, -0.25) is 4.79 Å². The Morgan fingerprint density at radius 1 is 1.30 bits per heavy atom. The summed E-state index contributed by atoms with van der Waals surface area (Å²) in [4.78, 5) is 25.4. The van der Waals surface area contributed by atoms with Gasteiger partial charge in [0, 0.05) is 12.6 Å². The number of rotatable bonds is 4. The molecular formula is C15H27NO4. The van der Waals surface area contributed by atoms with Crippen molar-refractivity contribution in [3.63, 3.8) is 0 Å². The molecule has 1 unspecified atom stereocenters. The summed E-state index contributed by atoms with van der Waals surface area (Å²) < 4.78 is 5.38. The van der Waals surface area contributed by atoms with Crippen LogP contribution in [-0.2, 0) is 9.53 Å². The number of hydrogen-bond donors (Lipinski definition) is 1. The molecule has 1 N–H and O–H groups in total. The van der Waals surface area contributed by atoms with E-state index in [0.717, 1.165) is 0 Å². The molecule has 0 saturated heterocycles. The summed E-state index contributed by atoms with van der Waals surface area (Å²) in [5.74, 6) is -0.836. The van der Waals surface area contributed by atoms with Crippen LogP contribution in [0.3, 0.4) is 0 Å². The smallest absolute Gasteiger partial charge is 0.410 e. The molecule has 1 fully saturated rings. The zero-order valence-corrected chi connectivity index (χ0v) is 13.6. The lowest BCUT2D eigenvalue weighted by Crippen LogP contribution is -2.46. The fourth-order valence-electron chi connectivity index (χ4n) is 2.48. The fourth-order valence-corrected chi connectivity index (χ4v) is 2.48. The van der Waals surface area contributed by atoms with Crippen molar-refractivity contribution in [2.75, 3.05) is 6.54 Å². The molecule has 5 nitrogen and oxygen atoms in total. The van der Waals surface area contributed by atoms with Gasteiger partial charge in [0.2, 0.25) is 0 Å². The van der Waals surface area contributed by atoms with Gasteiger partial charge in [0.05, 0.1) is 5.41 Å². The maximum absolute atomic E-state index is 12.3. The largest absolute Gasteiger partial charge is 0.481 e. The van der Waals surface area contributed by atoms with E-state index in [1.54, 1.807) is 20.8 Å². The van der Waals surface area contributed by atoms with Gasteiger partial charge < -0.3 is 14.7 Å². The molecule has 0 aromatic rings. The van der Waals surface area contributed by atoms with Crippen LogP contribution >= 0.6 is 0 Å². The number of carboxylic acids is 1. The fraction of sp³-hybridized carbons (Fsp3) is 0.867. The Balaban J connectivity index is 2.89. The Bertz CT molecular complexity index is 409. The van der Waals surface area contributed by atoms with Gasteiger partial charge in [-0.1, -0.05) is 13.8 Å². The van der Waals surface area contributed by atoms with Crippen molar-refractivity contribution >= 4 is 12.1 Å². The lowest BCUT2D eigenvalue weighted by molar-refractivity contribution is -0.145. The van der Waals surface area contributed by atoms with Crippen LogP contribution in [0.1, 0.15) is 54.9 Å². The summed E-state index contributed by atoms with van der Waals surface area (Å²) in [7, 11) is 0. The van der Waals surface area contributed by atoms with Gasteiger partial charge in [0.15, 0.2) is 0 Å². The van der Waals surface area contributed by atoms with Crippen molar-refractivity contribution in [1.29, 1.82) is 0 Å². The van der Waals surface area contributed by atoms with Gasteiger partial charge in [-0.25, -0.2) is 4.79 Å². The molecule has 20 heavy (non-hydrogen) atoms. The van der Waals surface area contributed by atoms with E-state index in [0.29, 0.717) is 6.42 Å². The van der Waals surface area contributed by atoms with Crippen LogP contribution in [-0.4, -0.2) is 40.3 Å². The molecule has 0 radical (unpaired) electrons. The number of carbonyl (C=O) groups excluding carboxylic acids is 1. The first-order chi connectivity index (χ1) is 8.82. The minimum Gasteiger partial charge on any atom is -0.481 e. The Kier molecular flexibility index (Phi) is 4.14. The van der Waals surface area contributed by atoms with E-state index in [4.69, 9.17) is 4.74 Å². The molecule has 0 heterocycles. The number of carboxylic acid groups (broad SMARTS) is 1. The molecule has 5 heteroatoms. The number of nitrogens with zero attached hydrogens (tertiary/aromatic N) is 1. The molecule has 0 aliphatic heterocycles. The Morgan fingerprint density at radius 2 is 1.75 bits per heavy atom. The molecule has 1 atom stereocenters. The maximum atomic E-state index is 12.3. The second-order valence-corrected chi connectivity index (χ2v) is 7.65. The second kappa shape index (κ2) is 4.93. The van der Waals surface area contributed by atoms with Crippen molar-refractivity contribution in [3.05, 3.63) is 0 Å². The Hall–Kier alpha value is -1.26. The van der Waals surface area contributed by atoms with E-state index in [-0.39, 0.29) is 18.0 Å². The third kappa shape index (κ3) is 3.25. The van der Waals surface area contributed by atoms with E-state index in [1.165, 1.54) is 4.90 Å². The Labute approximate surface area is 121 Å². The van der Waals surface area contributed by atoms with E-state index in [1.807, 2.05) is 27.7 Å². The molecule has 1 rings (SSSR count). The monoisotopic (exact) mass is 285 g/mol. The average Bonchev–Trinajstić information content (AvgIpc) is 2.75. The molecular weight excluding hydrogens is 258 g/mol. The van der Waals surface area contributed by atoms with E-state index in [9.17, 15) is 14.7 Å². The van der Waals surface area contributed by atoms with Crippen molar-refractivity contribution in [1.82, 2.24) is 4.90 Å². The normalized spacial score (nSPS) is 24.4. The van der Waals surface area contributed by atoms with E-state index >= 15 is 0 Å². The van der Waals surface area contributed by atoms with Crippen molar-refractivity contribution < 1.29 is 19.4 Å².